The van der Waals surface area contributed by atoms with Gasteiger partial charge in [0.15, 0.2) is 11.6 Å². The number of rotatable bonds is 3. The lowest BCUT2D eigenvalue weighted by molar-refractivity contribution is 0.254. The second kappa shape index (κ2) is 4.47. The minimum atomic E-state index is -0.640. The SMILES string of the molecule is COc1c(F)cc(C2(N=C=O)CCC2)cc1Cl. The maximum atomic E-state index is 13.7. The Labute approximate surface area is 103 Å². The van der Waals surface area contributed by atoms with Gasteiger partial charge in [-0.05, 0) is 37.0 Å². The standard InChI is InChI=1S/C12H11ClFNO2/c1-17-11-9(13)5-8(6-10(11)14)12(15-7-16)3-2-4-12/h5-6H,2-4H2,1H3. The van der Waals surface area contributed by atoms with Crippen molar-refractivity contribution >= 4 is 17.7 Å². The monoisotopic (exact) mass is 255 g/mol. The smallest absolute Gasteiger partial charge is 0.235 e. The van der Waals surface area contributed by atoms with Crippen molar-refractivity contribution in [3.8, 4) is 5.75 Å². The second-order valence-corrected chi connectivity index (χ2v) is 4.47. The first-order valence-corrected chi connectivity index (χ1v) is 5.63. The van der Waals surface area contributed by atoms with Gasteiger partial charge >= 0.3 is 0 Å². The van der Waals surface area contributed by atoms with Crippen LogP contribution in [0.1, 0.15) is 24.8 Å². The highest BCUT2D eigenvalue weighted by atomic mass is 35.5. The molecule has 0 radical (unpaired) electrons. The number of hydrogen-bond donors (Lipinski definition) is 0. The number of halogens is 2. The van der Waals surface area contributed by atoms with Crippen molar-refractivity contribution in [3.05, 3.63) is 28.5 Å². The molecule has 5 heteroatoms. The summed E-state index contributed by atoms with van der Waals surface area (Å²) < 4.78 is 18.5. The molecule has 0 unspecified atom stereocenters. The van der Waals surface area contributed by atoms with Gasteiger partial charge in [0.25, 0.3) is 0 Å². The Balaban J connectivity index is 2.49. The minimum Gasteiger partial charge on any atom is -0.492 e. The predicted molar refractivity (Wildman–Crippen MR) is 61.6 cm³/mol. The van der Waals surface area contributed by atoms with Crippen molar-refractivity contribution in [1.82, 2.24) is 0 Å². The van der Waals surface area contributed by atoms with Crippen LogP contribution in [0.4, 0.5) is 4.39 Å². The van der Waals surface area contributed by atoms with Crippen LogP contribution in [0.3, 0.4) is 0 Å². The molecule has 0 amide bonds. The molecule has 1 aromatic carbocycles. The molecule has 0 spiro atoms. The Morgan fingerprint density at radius 1 is 1.53 bits per heavy atom. The number of methoxy groups -OCH3 is 1. The van der Waals surface area contributed by atoms with Gasteiger partial charge in [0.2, 0.25) is 6.08 Å². The molecule has 2 rings (SSSR count). The van der Waals surface area contributed by atoms with Crippen molar-refractivity contribution in [3.63, 3.8) is 0 Å². The second-order valence-electron chi connectivity index (χ2n) is 4.06. The molecular weight excluding hydrogens is 245 g/mol. The first kappa shape index (κ1) is 12.1. The molecular formula is C12H11ClFNO2. The molecule has 1 aliphatic rings. The van der Waals surface area contributed by atoms with E-state index in [4.69, 9.17) is 16.3 Å². The van der Waals surface area contributed by atoms with E-state index in [1.54, 1.807) is 12.1 Å². The van der Waals surface area contributed by atoms with Gasteiger partial charge in [0.1, 0.15) is 0 Å². The molecule has 0 aliphatic heterocycles. The highest BCUT2D eigenvalue weighted by Gasteiger charge is 2.39. The molecule has 0 atom stereocenters. The number of ether oxygens (including phenoxy) is 1. The van der Waals surface area contributed by atoms with E-state index < -0.39 is 11.4 Å². The molecule has 1 fully saturated rings. The van der Waals surface area contributed by atoms with Crippen LogP contribution in [0.5, 0.6) is 5.75 Å². The molecule has 0 aromatic heterocycles. The summed E-state index contributed by atoms with van der Waals surface area (Å²) in [6.07, 6.45) is 3.93. The summed E-state index contributed by atoms with van der Waals surface area (Å²) in [4.78, 5) is 14.2. The summed E-state index contributed by atoms with van der Waals surface area (Å²) >= 11 is 5.92. The van der Waals surface area contributed by atoms with Crippen molar-refractivity contribution < 1.29 is 13.9 Å². The summed E-state index contributed by atoms with van der Waals surface area (Å²) in [5, 5.41) is 0.190. The summed E-state index contributed by atoms with van der Waals surface area (Å²) in [5.41, 5.74) is -0.0335. The molecule has 0 heterocycles. The number of isocyanates is 1. The van der Waals surface area contributed by atoms with Gasteiger partial charge in [-0.25, -0.2) is 9.18 Å². The normalized spacial score (nSPS) is 16.9. The van der Waals surface area contributed by atoms with E-state index in [0.717, 1.165) is 6.42 Å². The highest BCUT2D eigenvalue weighted by Crippen LogP contribution is 2.46. The third kappa shape index (κ3) is 1.94. The van der Waals surface area contributed by atoms with Gasteiger partial charge < -0.3 is 4.74 Å². The molecule has 1 saturated carbocycles. The first-order valence-electron chi connectivity index (χ1n) is 5.25. The average Bonchev–Trinajstić information content (AvgIpc) is 2.23. The maximum Gasteiger partial charge on any atom is 0.235 e. The van der Waals surface area contributed by atoms with Crippen molar-refractivity contribution in [2.24, 2.45) is 4.99 Å². The van der Waals surface area contributed by atoms with Crippen LogP contribution >= 0.6 is 11.6 Å². The topological polar surface area (TPSA) is 38.7 Å². The molecule has 0 saturated heterocycles. The Kier molecular flexibility index (Phi) is 3.18. The van der Waals surface area contributed by atoms with E-state index >= 15 is 0 Å². The zero-order valence-corrected chi connectivity index (χ0v) is 10.1. The largest absolute Gasteiger partial charge is 0.492 e. The molecule has 17 heavy (non-hydrogen) atoms. The molecule has 3 nitrogen and oxygen atoms in total. The summed E-state index contributed by atoms with van der Waals surface area (Å²) in [6, 6.07) is 2.92. The first-order chi connectivity index (χ1) is 8.13. The molecule has 90 valence electrons. The van der Waals surface area contributed by atoms with Gasteiger partial charge in [0.05, 0.1) is 17.7 Å². The van der Waals surface area contributed by atoms with Crippen LogP contribution in [0.2, 0.25) is 5.02 Å². The van der Waals surface area contributed by atoms with Crippen LogP contribution in [0, 0.1) is 5.82 Å². The third-order valence-electron chi connectivity index (χ3n) is 3.18. The number of hydrogen-bond acceptors (Lipinski definition) is 3. The van der Waals surface area contributed by atoms with Crippen LogP contribution < -0.4 is 4.74 Å². The highest BCUT2D eigenvalue weighted by molar-refractivity contribution is 6.32. The zero-order chi connectivity index (χ0) is 12.5. The van der Waals surface area contributed by atoms with Crippen LogP contribution in [-0.2, 0) is 10.3 Å². The summed E-state index contributed by atoms with van der Waals surface area (Å²) in [7, 11) is 1.35. The Morgan fingerprint density at radius 2 is 2.24 bits per heavy atom. The number of benzene rings is 1. The van der Waals surface area contributed by atoms with Gasteiger partial charge in [0, 0.05) is 0 Å². The van der Waals surface area contributed by atoms with E-state index in [1.807, 2.05) is 0 Å². The Hall–Kier alpha value is -1.38. The molecule has 0 N–H and O–H groups in total. The van der Waals surface area contributed by atoms with E-state index in [-0.39, 0.29) is 10.8 Å². The lowest BCUT2D eigenvalue weighted by atomic mass is 9.72. The number of aliphatic imine (C=N–C) groups is 1. The van der Waals surface area contributed by atoms with E-state index in [2.05, 4.69) is 4.99 Å². The third-order valence-corrected chi connectivity index (χ3v) is 3.46. The van der Waals surface area contributed by atoms with Crippen LogP contribution in [-0.4, -0.2) is 13.2 Å². The van der Waals surface area contributed by atoms with Crippen LogP contribution in [0.25, 0.3) is 0 Å². The lowest BCUT2D eigenvalue weighted by Gasteiger charge is -2.37. The van der Waals surface area contributed by atoms with Gasteiger partial charge in [-0.1, -0.05) is 11.6 Å². The van der Waals surface area contributed by atoms with Gasteiger partial charge in [-0.15, -0.1) is 0 Å². The fourth-order valence-electron chi connectivity index (χ4n) is 2.09. The summed E-state index contributed by atoms with van der Waals surface area (Å²) in [6.45, 7) is 0. The quantitative estimate of drug-likeness (QED) is 0.615. The Morgan fingerprint density at radius 3 is 2.65 bits per heavy atom. The van der Waals surface area contributed by atoms with E-state index in [9.17, 15) is 9.18 Å². The molecule has 0 bridgehead atoms. The van der Waals surface area contributed by atoms with Crippen molar-refractivity contribution in [2.75, 3.05) is 7.11 Å². The van der Waals surface area contributed by atoms with Crippen molar-refractivity contribution in [1.29, 1.82) is 0 Å². The number of carbonyl (C=O) groups excluding carboxylic acids is 1. The fourth-order valence-corrected chi connectivity index (χ4v) is 2.37. The number of nitrogens with zero attached hydrogens (tertiary/aromatic N) is 1. The lowest BCUT2D eigenvalue weighted by Crippen LogP contribution is -2.32. The predicted octanol–water partition coefficient (Wildman–Crippen LogP) is 3.20. The maximum absolute atomic E-state index is 13.7. The summed E-state index contributed by atoms with van der Waals surface area (Å²) in [5.74, 6) is -0.526. The molecule has 1 aliphatic carbocycles. The minimum absolute atomic E-state index is 0.0139. The van der Waals surface area contributed by atoms with E-state index in [0.29, 0.717) is 18.4 Å². The van der Waals surface area contributed by atoms with Crippen LogP contribution in [0.15, 0.2) is 17.1 Å². The Bertz CT molecular complexity index is 470. The van der Waals surface area contributed by atoms with E-state index in [1.165, 1.54) is 13.2 Å². The fraction of sp³-hybridized carbons (Fsp3) is 0.417. The zero-order valence-electron chi connectivity index (χ0n) is 9.30. The van der Waals surface area contributed by atoms with Gasteiger partial charge in [-0.2, -0.15) is 4.99 Å². The molecule has 1 aromatic rings. The average molecular weight is 256 g/mol. The van der Waals surface area contributed by atoms with Crippen molar-refractivity contribution in [2.45, 2.75) is 24.8 Å². The van der Waals surface area contributed by atoms with Gasteiger partial charge in [-0.3, -0.25) is 0 Å².